The predicted molar refractivity (Wildman–Crippen MR) is 136 cm³/mol. The smallest absolute Gasteiger partial charge is 0.407 e. The number of nitrogens with one attached hydrogen (secondary N) is 1. The third kappa shape index (κ3) is 5.56. The molecule has 7 nitrogen and oxygen atoms in total. The van der Waals surface area contributed by atoms with Crippen LogP contribution in [0.1, 0.15) is 57.6 Å². The number of anilines is 1. The van der Waals surface area contributed by atoms with E-state index in [9.17, 15) is 9.59 Å². The predicted octanol–water partition coefficient (Wildman–Crippen LogP) is 4.86. The normalized spacial score (nSPS) is 34.1. The number of allylic oxidation sites excluding steroid dienone is 3. The van der Waals surface area contributed by atoms with Crippen molar-refractivity contribution in [2.75, 3.05) is 19.1 Å². The van der Waals surface area contributed by atoms with Gasteiger partial charge in [0.1, 0.15) is 11.9 Å². The van der Waals surface area contributed by atoms with Crippen molar-refractivity contribution < 1.29 is 23.8 Å². The van der Waals surface area contributed by atoms with Gasteiger partial charge in [0.15, 0.2) is 0 Å². The topological polar surface area (TPSA) is 80.4 Å². The summed E-state index contributed by atoms with van der Waals surface area (Å²) in [7, 11) is 3.49. The van der Waals surface area contributed by atoms with Gasteiger partial charge in [-0.3, -0.25) is 4.79 Å². The summed E-state index contributed by atoms with van der Waals surface area (Å²) in [6, 6.07) is 4.16. The third-order valence-electron chi connectivity index (χ3n) is 7.71. The molecule has 2 fully saturated rings. The lowest BCUT2D eigenvalue weighted by molar-refractivity contribution is -0.118. The molecule has 2 amide bonds. The molecule has 1 aromatic rings. The second kappa shape index (κ2) is 10.1. The van der Waals surface area contributed by atoms with Crippen molar-refractivity contribution >= 4 is 17.7 Å². The number of epoxide rings is 1. The zero-order valence-electron chi connectivity index (χ0n) is 21.7. The second-order valence-electron chi connectivity index (χ2n) is 10.5. The molecule has 3 aliphatic rings. The Morgan fingerprint density at radius 1 is 1.23 bits per heavy atom. The number of ether oxygens (including phenoxy) is 3. The molecule has 3 aliphatic heterocycles. The number of methoxy groups -OCH3 is 1. The summed E-state index contributed by atoms with van der Waals surface area (Å²) in [6.07, 6.45) is 8.86. The highest BCUT2D eigenvalue weighted by atomic mass is 16.6. The Morgan fingerprint density at radius 3 is 2.74 bits per heavy atom. The van der Waals surface area contributed by atoms with Gasteiger partial charge in [-0.15, -0.1) is 0 Å². The van der Waals surface area contributed by atoms with Crippen molar-refractivity contribution in [3.8, 4) is 5.75 Å². The minimum Gasteiger partial charge on any atom is -0.496 e. The van der Waals surface area contributed by atoms with E-state index in [1.54, 1.807) is 12.0 Å². The number of carbonyl (C=O) groups excluding carboxylic acids is 2. The lowest BCUT2D eigenvalue weighted by atomic mass is 9.86. The number of benzene rings is 1. The quantitative estimate of drug-likeness (QED) is 0.579. The van der Waals surface area contributed by atoms with Crippen LogP contribution in [0.4, 0.5) is 10.5 Å². The van der Waals surface area contributed by atoms with Crippen LogP contribution in [0.2, 0.25) is 0 Å². The zero-order chi connectivity index (χ0) is 25.3. The first-order chi connectivity index (χ1) is 16.6. The molecule has 0 aliphatic carbocycles. The van der Waals surface area contributed by atoms with Crippen LogP contribution in [0, 0.1) is 12.8 Å². The van der Waals surface area contributed by atoms with E-state index in [-0.39, 0.29) is 41.8 Å². The number of nitrogens with zero attached hydrogens (tertiary/aromatic N) is 1. The molecule has 4 bridgehead atoms. The van der Waals surface area contributed by atoms with E-state index >= 15 is 0 Å². The van der Waals surface area contributed by atoms with Crippen LogP contribution in [0.15, 0.2) is 35.9 Å². The fourth-order valence-corrected chi connectivity index (χ4v) is 5.42. The van der Waals surface area contributed by atoms with Gasteiger partial charge in [-0.05, 0) is 57.7 Å². The Kier molecular flexibility index (Phi) is 7.27. The van der Waals surface area contributed by atoms with Crippen molar-refractivity contribution in [2.24, 2.45) is 5.92 Å². The van der Waals surface area contributed by atoms with Crippen LogP contribution >= 0.6 is 0 Å². The molecule has 1 N–H and O–H groups in total. The first kappa shape index (κ1) is 25.3. The van der Waals surface area contributed by atoms with Crippen LogP contribution in [-0.4, -0.2) is 50.0 Å². The average Bonchev–Trinajstić information content (AvgIpc) is 3.50. The van der Waals surface area contributed by atoms with Gasteiger partial charge in [-0.1, -0.05) is 30.7 Å². The molecule has 0 radical (unpaired) electrons. The van der Waals surface area contributed by atoms with Crippen LogP contribution in [-0.2, 0) is 20.7 Å². The molecule has 3 heterocycles. The number of fused-ring (bicyclic) bond motifs is 5. The third-order valence-corrected chi connectivity index (χ3v) is 7.71. The summed E-state index contributed by atoms with van der Waals surface area (Å²) in [5.41, 5.74) is 3.71. The maximum absolute atomic E-state index is 13.2. The van der Waals surface area contributed by atoms with Crippen molar-refractivity contribution in [1.29, 1.82) is 0 Å². The van der Waals surface area contributed by atoms with Crippen LogP contribution in [0.3, 0.4) is 0 Å². The number of hydrogen-bond acceptors (Lipinski definition) is 5. The van der Waals surface area contributed by atoms with E-state index in [4.69, 9.17) is 14.2 Å². The lowest BCUT2D eigenvalue weighted by Gasteiger charge is -2.33. The molecule has 35 heavy (non-hydrogen) atoms. The van der Waals surface area contributed by atoms with Crippen LogP contribution in [0.25, 0.3) is 0 Å². The summed E-state index contributed by atoms with van der Waals surface area (Å²) in [4.78, 5) is 27.2. The first-order valence-electron chi connectivity index (χ1n) is 12.5. The lowest BCUT2D eigenvalue weighted by Crippen LogP contribution is -2.48. The summed E-state index contributed by atoms with van der Waals surface area (Å²) < 4.78 is 17.4. The Labute approximate surface area is 208 Å². The van der Waals surface area contributed by atoms with Crippen molar-refractivity contribution in [2.45, 2.75) is 83.6 Å². The van der Waals surface area contributed by atoms with Crippen LogP contribution < -0.4 is 15.0 Å². The number of alkyl carbamates (subject to hydrolysis) is 1. The highest BCUT2D eigenvalue weighted by molar-refractivity contribution is 5.94. The minimum absolute atomic E-state index is 0.0277. The van der Waals surface area contributed by atoms with Gasteiger partial charge in [0.2, 0.25) is 5.91 Å². The Morgan fingerprint density at radius 2 is 2.00 bits per heavy atom. The van der Waals surface area contributed by atoms with Gasteiger partial charge in [0.25, 0.3) is 0 Å². The largest absolute Gasteiger partial charge is 0.496 e. The second-order valence-corrected chi connectivity index (χ2v) is 10.5. The highest BCUT2D eigenvalue weighted by Crippen LogP contribution is 2.47. The SMILES string of the molecule is COc1cc2cc(c1C)N(C)C(=O)CC[C@]1(C)O[C@H]1[C@H](C)[C@@H]1CC(C/C=C/C=C(\C)C2)NC(=O)O1. The maximum atomic E-state index is 13.2. The summed E-state index contributed by atoms with van der Waals surface area (Å²) >= 11 is 0. The summed E-state index contributed by atoms with van der Waals surface area (Å²) in [5.74, 6) is 0.871. The fraction of sp³-hybridized carbons (Fsp3) is 0.571. The molecule has 7 heteroatoms. The Bertz CT molecular complexity index is 1050. The minimum atomic E-state index is -0.388. The summed E-state index contributed by atoms with van der Waals surface area (Å²) in [5, 5.41) is 2.94. The molecular formula is C28H38N2O5. The van der Waals surface area contributed by atoms with Gasteiger partial charge in [-0.2, -0.15) is 0 Å². The summed E-state index contributed by atoms with van der Waals surface area (Å²) in [6.45, 7) is 8.21. The van der Waals surface area contributed by atoms with E-state index in [1.807, 2.05) is 26.1 Å². The Balaban J connectivity index is 1.63. The van der Waals surface area contributed by atoms with E-state index in [1.165, 1.54) is 5.57 Å². The molecule has 0 saturated carbocycles. The van der Waals surface area contributed by atoms with E-state index in [0.717, 1.165) is 41.8 Å². The Hall–Kier alpha value is -2.80. The molecular weight excluding hydrogens is 444 g/mol. The molecule has 1 unspecified atom stereocenters. The van der Waals surface area contributed by atoms with Crippen molar-refractivity contribution in [1.82, 2.24) is 5.32 Å². The van der Waals surface area contributed by atoms with Crippen molar-refractivity contribution in [3.05, 3.63) is 47.1 Å². The average molecular weight is 483 g/mol. The van der Waals surface area contributed by atoms with Gasteiger partial charge in [0.05, 0.1) is 24.5 Å². The number of amides is 2. The van der Waals surface area contributed by atoms with Gasteiger partial charge < -0.3 is 24.4 Å². The number of hydrogen-bond donors (Lipinski definition) is 1. The molecule has 5 atom stereocenters. The van der Waals surface area contributed by atoms with E-state index in [2.05, 4.69) is 44.3 Å². The van der Waals surface area contributed by atoms with Gasteiger partial charge >= 0.3 is 6.09 Å². The fourth-order valence-electron chi connectivity index (χ4n) is 5.42. The first-order valence-corrected chi connectivity index (χ1v) is 12.5. The van der Waals surface area contributed by atoms with E-state index < -0.39 is 0 Å². The van der Waals surface area contributed by atoms with E-state index in [0.29, 0.717) is 12.8 Å². The monoisotopic (exact) mass is 482 g/mol. The standard InChI is InChI=1S/C28H38N2O5/c1-17-9-7-8-10-21-16-24(34-27(32)29-21)19(3)26-28(4,35-26)12-11-25(31)30(5)22-14-20(13-17)15-23(33-6)18(22)2/h7-9,14-15,19,21,24,26H,10-13,16H2,1-6H3,(H,29,32)/b8-7+,17-9+/t19-,21?,24+,26+,28+/m1/s1. The number of carbonyl (C=O) groups is 2. The highest BCUT2D eigenvalue weighted by Gasteiger charge is 2.57. The van der Waals surface area contributed by atoms with Gasteiger partial charge in [-0.25, -0.2) is 4.79 Å². The molecule has 1 aromatic carbocycles. The van der Waals surface area contributed by atoms with Gasteiger partial charge in [0, 0.05) is 37.4 Å². The maximum Gasteiger partial charge on any atom is 0.407 e. The molecule has 2 saturated heterocycles. The zero-order valence-corrected chi connectivity index (χ0v) is 21.7. The number of rotatable bonds is 1. The van der Waals surface area contributed by atoms with Crippen molar-refractivity contribution in [3.63, 3.8) is 0 Å². The molecule has 4 rings (SSSR count). The molecule has 190 valence electrons. The van der Waals surface area contributed by atoms with Crippen LogP contribution in [0.5, 0.6) is 5.75 Å². The molecule has 0 aromatic heterocycles. The molecule has 0 spiro atoms.